The van der Waals surface area contributed by atoms with Crippen LogP contribution in [0.2, 0.25) is 0 Å². The van der Waals surface area contributed by atoms with Gasteiger partial charge in [0.25, 0.3) is 5.88 Å². The van der Waals surface area contributed by atoms with Crippen LogP contribution in [0, 0.1) is 0 Å². The molecular formula is C6H5NO5. The molecule has 6 nitrogen and oxygen atoms in total. The first kappa shape index (κ1) is 8.25. The highest BCUT2D eigenvalue weighted by atomic mass is 16.5. The number of hydrogen-bond donors (Lipinski definition) is 1. The number of Topliss-reactive ketones (excluding diaryl/α,β-unsaturated/α-hetero) is 1. The van der Waals surface area contributed by atoms with Crippen LogP contribution in [0.5, 0.6) is 5.88 Å². The second-order valence-corrected chi connectivity index (χ2v) is 1.87. The number of carboxylic acids is 1. The summed E-state index contributed by atoms with van der Waals surface area (Å²) in [5, 5.41) is 11.5. The van der Waals surface area contributed by atoms with Gasteiger partial charge in [-0.3, -0.25) is 4.79 Å². The Balaban J connectivity index is 2.89. The molecule has 0 aliphatic carbocycles. The van der Waals surface area contributed by atoms with Crippen LogP contribution in [0.1, 0.15) is 10.6 Å². The highest BCUT2D eigenvalue weighted by Gasteiger charge is 2.20. The fraction of sp³-hybridized carbons (Fsp3) is 0.167. The monoisotopic (exact) mass is 171 g/mol. The Morgan fingerprint density at radius 1 is 1.67 bits per heavy atom. The van der Waals surface area contributed by atoms with Crippen LogP contribution in [-0.2, 0) is 4.79 Å². The van der Waals surface area contributed by atoms with Gasteiger partial charge in [-0.2, -0.15) is 0 Å². The highest BCUT2D eigenvalue weighted by Crippen LogP contribution is 2.10. The second kappa shape index (κ2) is 3.04. The molecule has 1 heterocycles. The molecule has 0 aliphatic rings. The van der Waals surface area contributed by atoms with Crippen molar-refractivity contribution in [1.29, 1.82) is 0 Å². The van der Waals surface area contributed by atoms with E-state index in [4.69, 9.17) is 5.11 Å². The molecular weight excluding hydrogens is 166 g/mol. The molecule has 0 unspecified atom stereocenters. The first-order chi connectivity index (χ1) is 5.65. The van der Waals surface area contributed by atoms with Gasteiger partial charge in [-0.05, 0) is 5.16 Å². The third-order valence-electron chi connectivity index (χ3n) is 1.12. The third-order valence-corrected chi connectivity index (χ3v) is 1.12. The number of ether oxygens (including phenoxy) is 1. The first-order valence-corrected chi connectivity index (χ1v) is 2.93. The van der Waals surface area contributed by atoms with E-state index in [0.717, 1.165) is 6.07 Å². The average Bonchev–Trinajstić information content (AvgIpc) is 2.50. The van der Waals surface area contributed by atoms with Gasteiger partial charge in [-0.1, -0.05) is 0 Å². The van der Waals surface area contributed by atoms with Crippen LogP contribution < -0.4 is 4.74 Å². The van der Waals surface area contributed by atoms with Crippen LogP contribution in [0.15, 0.2) is 10.6 Å². The Hall–Kier alpha value is -1.85. The number of carbonyl (C=O) groups is 2. The lowest BCUT2D eigenvalue weighted by atomic mass is 10.3. The average molecular weight is 171 g/mol. The molecule has 0 saturated carbocycles. The lowest BCUT2D eigenvalue weighted by Crippen LogP contribution is -2.11. The molecule has 0 spiro atoms. The molecule has 1 aromatic heterocycles. The van der Waals surface area contributed by atoms with E-state index in [0.29, 0.717) is 0 Å². The fourth-order valence-corrected chi connectivity index (χ4v) is 0.568. The number of hydrogen-bond acceptors (Lipinski definition) is 5. The van der Waals surface area contributed by atoms with Gasteiger partial charge in [0.1, 0.15) is 0 Å². The van der Waals surface area contributed by atoms with Crippen LogP contribution in [0.4, 0.5) is 0 Å². The molecule has 1 N–H and O–H groups in total. The van der Waals surface area contributed by atoms with Crippen LogP contribution in [0.25, 0.3) is 0 Å². The van der Waals surface area contributed by atoms with Crippen molar-refractivity contribution in [3.8, 4) is 5.88 Å². The van der Waals surface area contributed by atoms with Crippen molar-refractivity contribution in [2.75, 3.05) is 7.11 Å². The molecule has 1 aromatic rings. The molecule has 0 radical (unpaired) electrons. The Morgan fingerprint density at radius 2 is 2.33 bits per heavy atom. The zero-order chi connectivity index (χ0) is 9.14. The standard InChI is InChI=1S/C6H5NO5/c1-11-4-2-3(12-7-4)5(8)6(9)10/h2H,1H3,(H,9,10). The molecule has 0 atom stereocenters. The number of carboxylic acid groups (broad SMARTS) is 1. The summed E-state index contributed by atoms with van der Waals surface area (Å²) in [6, 6.07) is 1.11. The number of aliphatic carboxylic acids is 1. The summed E-state index contributed by atoms with van der Waals surface area (Å²) in [5.41, 5.74) is 0. The zero-order valence-electron chi connectivity index (χ0n) is 6.10. The lowest BCUT2D eigenvalue weighted by molar-refractivity contribution is -0.132. The van der Waals surface area contributed by atoms with Crippen LogP contribution >= 0.6 is 0 Å². The van der Waals surface area contributed by atoms with Crippen LogP contribution in [-0.4, -0.2) is 29.1 Å². The lowest BCUT2D eigenvalue weighted by Gasteiger charge is -1.84. The molecule has 0 saturated heterocycles. The zero-order valence-corrected chi connectivity index (χ0v) is 6.10. The number of ketones is 1. The summed E-state index contributed by atoms with van der Waals surface area (Å²) in [7, 11) is 1.33. The maximum Gasteiger partial charge on any atom is 0.380 e. The van der Waals surface area contributed by atoms with E-state index in [1.165, 1.54) is 7.11 Å². The first-order valence-electron chi connectivity index (χ1n) is 2.93. The number of carbonyl (C=O) groups excluding carboxylic acids is 1. The minimum absolute atomic E-state index is 0.0691. The van der Waals surface area contributed by atoms with Crippen molar-refractivity contribution in [3.63, 3.8) is 0 Å². The molecule has 0 bridgehead atoms. The van der Waals surface area contributed by atoms with Gasteiger partial charge < -0.3 is 14.4 Å². The predicted octanol–water partition coefficient (Wildman–Crippen LogP) is -0.0495. The van der Waals surface area contributed by atoms with Crippen molar-refractivity contribution in [1.82, 2.24) is 5.16 Å². The largest absolute Gasteiger partial charge is 0.479 e. The fourth-order valence-electron chi connectivity index (χ4n) is 0.568. The number of methoxy groups -OCH3 is 1. The molecule has 0 aromatic carbocycles. The Labute approximate surface area is 66.7 Å². The highest BCUT2D eigenvalue weighted by molar-refractivity contribution is 6.38. The van der Waals surface area contributed by atoms with Crippen LogP contribution in [0.3, 0.4) is 0 Å². The van der Waals surface area contributed by atoms with Gasteiger partial charge in [0.2, 0.25) is 5.76 Å². The van der Waals surface area contributed by atoms with Crippen molar-refractivity contribution < 1.29 is 24.0 Å². The van der Waals surface area contributed by atoms with E-state index in [9.17, 15) is 9.59 Å². The van der Waals surface area contributed by atoms with Gasteiger partial charge in [0.15, 0.2) is 0 Å². The predicted molar refractivity (Wildman–Crippen MR) is 35.0 cm³/mol. The summed E-state index contributed by atoms with van der Waals surface area (Å²) in [6.07, 6.45) is 0. The number of nitrogens with zero attached hydrogens (tertiary/aromatic N) is 1. The third kappa shape index (κ3) is 1.42. The van der Waals surface area contributed by atoms with E-state index in [1.54, 1.807) is 0 Å². The van der Waals surface area contributed by atoms with E-state index in [1.807, 2.05) is 0 Å². The quantitative estimate of drug-likeness (QED) is 0.506. The molecule has 0 amide bonds. The SMILES string of the molecule is COc1cc(C(=O)C(=O)O)on1. The van der Waals surface area contributed by atoms with Crippen molar-refractivity contribution in [3.05, 3.63) is 11.8 Å². The topological polar surface area (TPSA) is 89.6 Å². The maximum atomic E-state index is 10.7. The Kier molecular flexibility index (Phi) is 2.09. The maximum absolute atomic E-state index is 10.7. The van der Waals surface area contributed by atoms with Crippen molar-refractivity contribution in [2.45, 2.75) is 0 Å². The van der Waals surface area contributed by atoms with Crippen molar-refractivity contribution in [2.24, 2.45) is 0 Å². The Morgan fingerprint density at radius 3 is 2.75 bits per heavy atom. The summed E-state index contributed by atoms with van der Waals surface area (Å²) in [5.74, 6) is -3.02. The van der Waals surface area contributed by atoms with E-state index >= 15 is 0 Å². The minimum atomic E-state index is -1.59. The van der Waals surface area contributed by atoms with Gasteiger partial charge >= 0.3 is 11.8 Å². The van der Waals surface area contributed by atoms with Gasteiger partial charge in [0, 0.05) is 0 Å². The molecule has 12 heavy (non-hydrogen) atoms. The van der Waals surface area contributed by atoms with Gasteiger partial charge in [0.05, 0.1) is 13.2 Å². The summed E-state index contributed by atoms with van der Waals surface area (Å²) < 4.78 is 8.95. The van der Waals surface area contributed by atoms with E-state index in [-0.39, 0.29) is 11.6 Å². The molecule has 64 valence electrons. The smallest absolute Gasteiger partial charge is 0.380 e. The molecule has 0 fully saturated rings. The van der Waals surface area contributed by atoms with E-state index < -0.39 is 11.8 Å². The summed E-state index contributed by atoms with van der Waals surface area (Å²) >= 11 is 0. The summed E-state index contributed by atoms with van der Waals surface area (Å²) in [6.45, 7) is 0. The normalized spacial score (nSPS) is 9.42. The number of rotatable bonds is 3. The van der Waals surface area contributed by atoms with Gasteiger partial charge in [-0.25, -0.2) is 4.79 Å². The molecule has 1 rings (SSSR count). The molecule has 6 heteroatoms. The molecule has 0 aliphatic heterocycles. The summed E-state index contributed by atoms with van der Waals surface area (Å²) in [4.78, 5) is 20.8. The second-order valence-electron chi connectivity index (χ2n) is 1.87. The Bertz CT molecular complexity index is 315. The minimum Gasteiger partial charge on any atom is -0.479 e. The van der Waals surface area contributed by atoms with Crippen molar-refractivity contribution >= 4 is 11.8 Å². The van der Waals surface area contributed by atoms with E-state index in [2.05, 4.69) is 14.4 Å². The van der Waals surface area contributed by atoms with Gasteiger partial charge in [-0.15, -0.1) is 0 Å². The number of aromatic nitrogens is 1.